The molecule has 31 heavy (non-hydrogen) atoms. The van der Waals surface area contributed by atoms with Crippen LogP contribution in [0.25, 0.3) is 0 Å². The number of aliphatic hydroxyl groups excluding tert-OH is 1. The van der Waals surface area contributed by atoms with Crippen LogP contribution in [0, 0.1) is 64.6 Å². The fourth-order valence-electron chi connectivity index (χ4n) is 9.05. The Morgan fingerprint density at radius 3 is 2.35 bits per heavy atom. The Bertz CT molecular complexity index is 739. The molecule has 11 atom stereocenters. The summed E-state index contributed by atoms with van der Waals surface area (Å²) in [5, 5.41) is 20.9. The predicted octanol–water partition coefficient (Wildman–Crippen LogP) is 5.81. The van der Waals surface area contributed by atoms with Crippen molar-refractivity contribution < 1.29 is 23.4 Å². The van der Waals surface area contributed by atoms with E-state index in [1.807, 2.05) is 0 Å². The van der Waals surface area contributed by atoms with Gasteiger partial charge in [0, 0.05) is 0 Å². The van der Waals surface area contributed by atoms with Gasteiger partial charge in [0.05, 0.1) is 0 Å². The first kappa shape index (κ1) is 23.4. The van der Waals surface area contributed by atoms with Crippen LogP contribution in [0.5, 0.6) is 0 Å². The van der Waals surface area contributed by atoms with Crippen molar-refractivity contribution in [3.8, 4) is 11.8 Å². The van der Waals surface area contributed by atoms with Gasteiger partial charge in [-0.15, -0.1) is 5.92 Å². The molecule has 0 aromatic heterocycles. The number of aliphatic hydroxyl groups is 2. The first-order chi connectivity index (χ1) is 14.4. The monoisotopic (exact) mass is 440 g/mol. The van der Waals surface area contributed by atoms with E-state index in [-0.39, 0.29) is 30.1 Å². The standard InChI is InChI=1S/C26H39F3O2/c1-5-6-22(30)16(3)21-13-15(2)23-20-8-7-17-14-25(31,26(27,28)29)12-10-18(17)19(20)9-11-24(21,23)4/h15-23,30-31H,7-14H2,1-4H3/t15-,16+,17-,18+,19-,20-,21-,22-,23+,24-,25-/m1/s1. The number of rotatable bonds is 2. The van der Waals surface area contributed by atoms with Crippen LogP contribution < -0.4 is 0 Å². The Labute approximate surface area is 185 Å². The average Bonchev–Trinajstić information content (AvgIpc) is 2.97. The summed E-state index contributed by atoms with van der Waals surface area (Å²) in [6.07, 6.45) is 0.224. The molecule has 0 radical (unpaired) electrons. The fraction of sp³-hybridized carbons (Fsp3) is 0.923. The van der Waals surface area contributed by atoms with Gasteiger partial charge in [-0.2, -0.15) is 13.2 Å². The minimum absolute atomic E-state index is 0.000869. The molecule has 0 spiro atoms. The number of alkyl halides is 3. The molecular weight excluding hydrogens is 401 g/mol. The van der Waals surface area contributed by atoms with Gasteiger partial charge in [0.25, 0.3) is 0 Å². The molecule has 4 aliphatic carbocycles. The summed E-state index contributed by atoms with van der Waals surface area (Å²) < 4.78 is 40.4. The van der Waals surface area contributed by atoms with Crippen LogP contribution in [0.2, 0.25) is 0 Å². The lowest BCUT2D eigenvalue weighted by Gasteiger charge is -2.58. The van der Waals surface area contributed by atoms with E-state index in [2.05, 4.69) is 32.6 Å². The van der Waals surface area contributed by atoms with Crippen LogP contribution in [0.4, 0.5) is 13.2 Å². The van der Waals surface area contributed by atoms with Gasteiger partial charge in [0.1, 0.15) is 6.10 Å². The first-order valence-corrected chi connectivity index (χ1v) is 12.3. The molecule has 0 aromatic rings. The minimum Gasteiger partial charge on any atom is -0.380 e. The van der Waals surface area contributed by atoms with Crippen molar-refractivity contribution >= 4 is 0 Å². The lowest BCUT2D eigenvalue weighted by atomic mass is 9.47. The molecular formula is C26H39F3O2. The third-order valence-electron chi connectivity index (χ3n) is 10.3. The lowest BCUT2D eigenvalue weighted by Crippen LogP contribution is -2.55. The highest BCUT2D eigenvalue weighted by atomic mass is 19.4. The topological polar surface area (TPSA) is 40.5 Å². The highest BCUT2D eigenvalue weighted by molar-refractivity contribution is 5.12. The zero-order valence-electron chi connectivity index (χ0n) is 19.4. The lowest BCUT2D eigenvalue weighted by molar-refractivity contribution is -0.282. The molecule has 0 saturated heterocycles. The number of fused-ring (bicyclic) bond motifs is 5. The summed E-state index contributed by atoms with van der Waals surface area (Å²) in [6.45, 7) is 8.68. The zero-order chi connectivity index (χ0) is 22.8. The van der Waals surface area contributed by atoms with E-state index >= 15 is 0 Å². The van der Waals surface area contributed by atoms with Crippen LogP contribution >= 0.6 is 0 Å². The summed E-state index contributed by atoms with van der Waals surface area (Å²) in [4.78, 5) is 0. The van der Waals surface area contributed by atoms with Crippen LogP contribution in [-0.2, 0) is 0 Å². The molecule has 0 amide bonds. The van der Waals surface area contributed by atoms with E-state index in [1.54, 1.807) is 6.92 Å². The van der Waals surface area contributed by atoms with Crippen LogP contribution in [0.15, 0.2) is 0 Å². The molecule has 0 heterocycles. The van der Waals surface area contributed by atoms with E-state index in [9.17, 15) is 23.4 Å². The van der Waals surface area contributed by atoms with Gasteiger partial charge < -0.3 is 10.2 Å². The van der Waals surface area contributed by atoms with Crippen molar-refractivity contribution in [1.29, 1.82) is 0 Å². The molecule has 176 valence electrons. The second kappa shape index (κ2) is 7.94. The molecule has 4 fully saturated rings. The molecule has 5 heteroatoms. The highest BCUT2D eigenvalue weighted by Gasteiger charge is 2.63. The highest BCUT2D eigenvalue weighted by Crippen LogP contribution is 2.67. The van der Waals surface area contributed by atoms with Gasteiger partial charge in [-0.25, -0.2) is 0 Å². The molecule has 0 bridgehead atoms. The van der Waals surface area contributed by atoms with Gasteiger partial charge >= 0.3 is 6.18 Å². The van der Waals surface area contributed by atoms with Gasteiger partial charge in [-0.3, -0.25) is 0 Å². The van der Waals surface area contributed by atoms with Crippen molar-refractivity contribution in [3.05, 3.63) is 0 Å². The molecule has 0 unspecified atom stereocenters. The van der Waals surface area contributed by atoms with Crippen molar-refractivity contribution in [1.82, 2.24) is 0 Å². The largest absolute Gasteiger partial charge is 0.417 e. The molecule has 0 aromatic carbocycles. The van der Waals surface area contributed by atoms with Crippen LogP contribution in [0.3, 0.4) is 0 Å². The Kier molecular flexibility index (Phi) is 6.00. The Hall–Kier alpha value is -0.730. The summed E-state index contributed by atoms with van der Waals surface area (Å²) >= 11 is 0. The molecule has 4 saturated carbocycles. The summed E-state index contributed by atoms with van der Waals surface area (Å²) in [5.74, 6) is 8.91. The van der Waals surface area contributed by atoms with E-state index in [4.69, 9.17) is 0 Å². The average molecular weight is 441 g/mol. The molecule has 4 rings (SSSR count). The zero-order valence-corrected chi connectivity index (χ0v) is 19.4. The first-order valence-electron chi connectivity index (χ1n) is 12.3. The normalized spacial score (nSPS) is 49.1. The third kappa shape index (κ3) is 3.65. The van der Waals surface area contributed by atoms with Gasteiger partial charge in [0.2, 0.25) is 0 Å². The van der Waals surface area contributed by atoms with E-state index in [1.165, 1.54) is 0 Å². The summed E-state index contributed by atoms with van der Waals surface area (Å²) in [6, 6.07) is 0. The van der Waals surface area contributed by atoms with E-state index in [0.717, 1.165) is 32.1 Å². The number of hydrogen-bond donors (Lipinski definition) is 2. The van der Waals surface area contributed by atoms with Gasteiger partial charge in [-0.1, -0.05) is 26.7 Å². The van der Waals surface area contributed by atoms with E-state index < -0.39 is 17.9 Å². The van der Waals surface area contributed by atoms with Crippen molar-refractivity contribution in [2.75, 3.05) is 0 Å². The minimum atomic E-state index is -4.52. The fourth-order valence-corrected chi connectivity index (χ4v) is 9.05. The summed E-state index contributed by atoms with van der Waals surface area (Å²) in [5.41, 5.74) is -2.31. The molecule has 2 nitrogen and oxygen atoms in total. The van der Waals surface area contributed by atoms with Crippen molar-refractivity contribution in [2.45, 2.75) is 96.9 Å². The van der Waals surface area contributed by atoms with Gasteiger partial charge in [-0.05, 0) is 111 Å². The number of hydrogen-bond acceptors (Lipinski definition) is 2. The molecule has 4 aliphatic rings. The van der Waals surface area contributed by atoms with Gasteiger partial charge in [0.15, 0.2) is 5.60 Å². The Balaban J connectivity index is 1.54. The number of halogens is 3. The van der Waals surface area contributed by atoms with Crippen LogP contribution in [-0.4, -0.2) is 28.1 Å². The Morgan fingerprint density at radius 1 is 1.03 bits per heavy atom. The SMILES string of the molecule is CC#C[C@@H](O)[C@@H](C)[C@H]1C[C@@H](C)[C@H]2[C@@H]3CC[C@@H]4C[C@@](O)(C(F)(F)F)CC[C@@H]4[C@H]3CC[C@@]21C. The second-order valence-corrected chi connectivity index (χ2v) is 11.7. The third-order valence-corrected chi connectivity index (χ3v) is 10.3. The predicted molar refractivity (Wildman–Crippen MR) is 115 cm³/mol. The maximum Gasteiger partial charge on any atom is 0.417 e. The van der Waals surface area contributed by atoms with Crippen LogP contribution in [0.1, 0.15) is 79.1 Å². The Morgan fingerprint density at radius 2 is 1.71 bits per heavy atom. The second-order valence-electron chi connectivity index (χ2n) is 11.7. The summed E-state index contributed by atoms with van der Waals surface area (Å²) in [7, 11) is 0. The maximum atomic E-state index is 13.5. The van der Waals surface area contributed by atoms with Crippen molar-refractivity contribution in [2.24, 2.45) is 52.8 Å². The van der Waals surface area contributed by atoms with Crippen molar-refractivity contribution in [3.63, 3.8) is 0 Å². The smallest absolute Gasteiger partial charge is 0.380 e. The quantitative estimate of drug-likeness (QED) is 0.532. The maximum absolute atomic E-state index is 13.5. The van der Waals surface area contributed by atoms with E-state index in [0.29, 0.717) is 41.9 Å². The molecule has 0 aliphatic heterocycles. The molecule has 2 N–H and O–H groups in total.